The van der Waals surface area contributed by atoms with Crippen LogP contribution in [0.3, 0.4) is 0 Å². The van der Waals surface area contributed by atoms with Gasteiger partial charge in [0.05, 0.1) is 0 Å². The maximum atomic E-state index is 12.4. The molecule has 0 unspecified atom stereocenters. The Morgan fingerprint density at radius 1 is 1.47 bits per heavy atom. The summed E-state index contributed by atoms with van der Waals surface area (Å²) in [5, 5.41) is 8.99. The Morgan fingerprint density at radius 2 is 2.11 bits per heavy atom. The second-order valence-electron chi connectivity index (χ2n) is 4.94. The van der Waals surface area contributed by atoms with Gasteiger partial charge in [0.1, 0.15) is 17.3 Å². The molecule has 0 atom stereocenters. The van der Waals surface area contributed by atoms with Gasteiger partial charge >= 0.3 is 0 Å². The fraction of sp³-hybridized carbons (Fsp3) is 0.667. The van der Waals surface area contributed by atoms with Gasteiger partial charge in [0.25, 0.3) is 0 Å². The normalized spacial score (nSPS) is 17.5. The van der Waals surface area contributed by atoms with E-state index in [1.807, 2.05) is 0 Å². The van der Waals surface area contributed by atoms with Gasteiger partial charge in [0.2, 0.25) is 10.0 Å². The summed E-state index contributed by atoms with van der Waals surface area (Å²) in [6, 6.07) is 1.37. The molecule has 0 amide bonds. The van der Waals surface area contributed by atoms with E-state index >= 15 is 0 Å². The van der Waals surface area contributed by atoms with E-state index < -0.39 is 10.0 Å². The quantitative estimate of drug-likeness (QED) is 0.883. The summed E-state index contributed by atoms with van der Waals surface area (Å²) in [5.41, 5.74) is 0. The molecular weight excluding hydrogens is 334 g/mol. The minimum atomic E-state index is -3.56. The van der Waals surface area contributed by atoms with Crippen molar-refractivity contribution in [3.63, 3.8) is 0 Å². The number of hydrogen-bond donors (Lipinski definition) is 1. The summed E-state index contributed by atoms with van der Waals surface area (Å²) >= 11 is 3.09. The number of furan rings is 1. The van der Waals surface area contributed by atoms with E-state index in [9.17, 15) is 8.42 Å². The van der Waals surface area contributed by atoms with Crippen LogP contribution in [-0.2, 0) is 16.6 Å². The summed E-state index contributed by atoms with van der Waals surface area (Å²) in [4.78, 5) is 0.0806. The molecule has 0 aromatic carbocycles. The first-order valence-electron chi connectivity index (χ1n) is 6.30. The van der Waals surface area contributed by atoms with Crippen molar-refractivity contribution in [2.45, 2.75) is 37.2 Å². The highest BCUT2D eigenvalue weighted by molar-refractivity contribution is 9.10. The zero-order chi connectivity index (χ0) is 14.0. The van der Waals surface area contributed by atoms with Crippen molar-refractivity contribution < 1.29 is 17.9 Å². The van der Waals surface area contributed by atoms with Crippen LogP contribution in [0.25, 0.3) is 0 Å². The van der Waals surface area contributed by atoms with Crippen LogP contribution in [0.15, 0.2) is 20.0 Å². The van der Waals surface area contributed by atoms with Crippen molar-refractivity contribution >= 4 is 26.0 Å². The molecule has 1 fully saturated rings. The molecule has 2 rings (SSSR count). The average Bonchev–Trinajstić information content (AvgIpc) is 2.98. The van der Waals surface area contributed by atoms with Crippen LogP contribution in [0.1, 0.15) is 31.4 Å². The highest BCUT2D eigenvalue weighted by atomic mass is 79.9. The van der Waals surface area contributed by atoms with Gasteiger partial charge in [0.15, 0.2) is 4.67 Å². The number of halogens is 1. The van der Waals surface area contributed by atoms with Crippen molar-refractivity contribution in [2.24, 2.45) is 5.92 Å². The van der Waals surface area contributed by atoms with E-state index in [4.69, 9.17) is 9.52 Å². The lowest BCUT2D eigenvalue weighted by atomic mass is 10.1. The first-order valence-corrected chi connectivity index (χ1v) is 8.54. The van der Waals surface area contributed by atoms with Crippen LogP contribution in [0.5, 0.6) is 0 Å². The van der Waals surface area contributed by atoms with Gasteiger partial charge in [-0.3, -0.25) is 0 Å². The zero-order valence-electron chi connectivity index (χ0n) is 10.8. The van der Waals surface area contributed by atoms with Gasteiger partial charge in [-0.05, 0) is 34.7 Å². The molecule has 108 valence electrons. The monoisotopic (exact) mass is 351 g/mol. The fourth-order valence-corrected chi connectivity index (χ4v) is 4.68. The molecule has 1 saturated carbocycles. The van der Waals surface area contributed by atoms with Gasteiger partial charge in [-0.1, -0.05) is 12.8 Å². The van der Waals surface area contributed by atoms with E-state index in [1.165, 1.54) is 23.2 Å². The van der Waals surface area contributed by atoms with Gasteiger partial charge in [-0.25, -0.2) is 12.7 Å². The fourth-order valence-electron chi connectivity index (χ4n) is 2.47. The molecule has 1 N–H and O–H groups in total. The number of aliphatic hydroxyl groups excluding tert-OH is 1. The first-order chi connectivity index (χ1) is 8.95. The Bertz CT molecular complexity index is 534. The minimum Gasteiger partial charge on any atom is -0.450 e. The Balaban J connectivity index is 2.17. The highest BCUT2D eigenvalue weighted by Gasteiger charge is 2.29. The predicted octanol–water partition coefficient (Wildman–Crippen LogP) is 2.35. The molecule has 1 aromatic heterocycles. The predicted molar refractivity (Wildman–Crippen MR) is 74.1 cm³/mol. The van der Waals surface area contributed by atoms with Gasteiger partial charge < -0.3 is 9.52 Å². The topological polar surface area (TPSA) is 70.8 Å². The van der Waals surface area contributed by atoms with Crippen molar-refractivity contribution in [3.05, 3.63) is 16.5 Å². The SMILES string of the molecule is CN(CC1CCCC1)S(=O)(=O)c1cc(CO)oc1Br. The second kappa shape index (κ2) is 5.95. The van der Waals surface area contributed by atoms with E-state index in [0.29, 0.717) is 12.5 Å². The number of aliphatic hydroxyl groups is 1. The van der Waals surface area contributed by atoms with E-state index in [-0.39, 0.29) is 21.9 Å². The van der Waals surface area contributed by atoms with E-state index in [2.05, 4.69) is 15.9 Å². The first kappa shape index (κ1) is 15.0. The summed E-state index contributed by atoms with van der Waals surface area (Å²) in [6.45, 7) is 0.217. The molecule has 1 aliphatic carbocycles. The molecule has 0 spiro atoms. The summed E-state index contributed by atoms with van der Waals surface area (Å²) in [5.74, 6) is 0.683. The summed E-state index contributed by atoms with van der Waals surface area (Å²) in [6.07, 6.45) is 4.55. The Labute approximate surface area is 121 Å². The van der Waals surface area contributed by atoms with Crippen LogP contribution in [-0.4, -0.2) is 31.4 Å². The zero-order valence-corrected chi connectivity index (χ0v) is 13.2. The maximum absolute atomic E-state index is 12.4. The van der Waals surface area contributed by atoms with Gasteiger partial charge in [0, 0.05) is 19.7 Å². The van der Waals surface area contributed by atoms with Crippen LogP contribution in [0, 0.1) is 5.92 Å². The standard InChI is InChI=1S/C12H18BrNO4S/c1-14(7-9-4-2-3-5-9)19(16,17)11-6-10(8-15)18-12(11)13/h6,9,15H,2-5,7-8H2,1H3. The lowest BCUT2D eigenvalue weighted by Gasteiger charge is -2.20. The highest BCUT2D eigenvalue weighted by Crippen LogP contribution is 2.31. The molecule has 0 aliphatic heterocycles. The number of hydrogen-bond acceptors (Lipinski definition) is 4. The van der Waals surface area contributed by atoms with Gasteiger partial charge in [-0.15, -0.1) is 0 Å². The van der Waals surface area contributed by atoms with Crippen molar-refractivity contribution in [1.29, 1.82) is 0 Å². The Morgan fingerprint density at radius 3 is 2.63 bits per heavy atom. The van der Waals surface area contributed by atoms with Gasteiger partial charge in [-0.2, -0.15) is 0 Å². The molecule has 0 bridgehead atoms. The molecule has 0 saturated heterocycles. The minimum absolute atomic E-state index is 0.0806. The number of nitrogens with zero attached hydrogens (tertiary/aromatic N) is 1. The summed E-state index contributed by atoms with van der Waals surface area (Å²) < 4.78 is 31.5. The lowest BCUT2D eigenvalue weighted by Crippen LogP contribution is -2.31. The number of rotatable bonds is 5. The third-order valence-electron chi connectivity index (χ3n) is 3.54. The largest absolute Gasteiger partial charge is 0.450 e. The molecule has 1 aliphatic rings. The maximum Gasteiger partial charge on any atom is 0.247 e. The Kier molecular flexibility index (Phi) is 4.70. The summed E-state index contributed by atoms with van der Waals surface area (Å²) in [7, 11) is -1.98. The molecule has 1 heterocycles. The molecular formula is C12H18BrNO4S. The average molecular weight is 352 g/mol. The van der Waals surface area contributed by atoms with E-state index in [1.54, 1.807) is 7.05 Å². The van der Waals surface area contributed by atoms with Crippen LogP contribution < -0.4 is 0 Å². The van der Waals surface area contributed by atoms with Crippen LogP contribution in [0.4, 0.5) is 0 Å². The third-order valence-corrected chi connectivity index (χ3v) is 6.22. The van der Waals surface area contributed by atoms with Crippen molar-refractivity contribution in [3.8, 4) is 0 Å². The van der Waals surface area contributed by atoms with Crippen LogP contribution in [0.2, 0.25) is 0 Å². The molecule has 1 aromatic rings. The molecule has 7 heteroatoms. The van der Waals surface area contributed by atoms with E-state index in [0.717, 1.165) is 12.8 Å². The van der Waals surface area contributed by atoms with Crippen LogP contribution >= 0.6 is 15.9 Å². The Hall–Kier alpha value is -0.370. The molecule has 0 radical (unpaired) electrons. The third kappa shape index (κ3) is 3.21. The number of sulfonamides is 1. The van der Waals surface area contributed by atoms with Crippen molar-refractivity contribution in [1.82, 2.24) is 4.31 Å². The van der Waals surface area contributed by atoms with Crippen molar-refractivity contribution in [2.75, 3.05) is 13.6 Å². The smallest absolute Gasteiger partial charge is 0.247 e. The second-order valence-corrected chi connectivity index (χ2v) is 7.68. The molecule has 19 heavy (non-hydrogen) atoms. The lowest BCUT2D eigenvalue weighted by molar-refractivity contribution is 0.245. The molecule has 5 nitrogen and oxygen atoms in total.